The van der Waals surface area contributed by atoms with E-state index in [-0.39, 0.29) is 6.04 Å². The maximum absolute atomic E-state index is 5.94. The zero-order chi connectivity index (χ0) is 15.4. The average Bonchev–Trinajstić information content (AvgIpc) is 2.69. The number of fused-ring (bicyclic) bond motifs is 2. The predicted molar refractivity (Wildman–Crippen MR) is 88.0 cm³/mol. The summed E-state index contributed by atoms with van der Waals surface area (Å²) in [5.74, 6) is 0.950. The maximum atomic E-state index is 5.94. The first-order chi connectivity index (χ1) is 10.8. The van der Waals surface area contributed by atoms with E-state index in [1.807, 2.05) is 24.4 Å². The summed E-state index contributed by atoms with van der Waals surface area (Å²) < 4.78 is 5.94. The standard InChI is InChI=1S/C18H23N3O/c1-21(2)12-6-11-20-18-14-8-5-10-19-16(14)13-22-17-9-4-3-7-15(17)18/h3-5,7-10,18,20H,6,11-13H2,1-2H3. The van der Waals surface area contributed by atoms with Crippen LogP contribution in [0.5, 0.6) is 5.75 Å². The van der Waals surface area contributed by atoms with E-state index in [4.69, 9.17) is 4.74 Å². The van der Waals surface area contributed by atoms with E-state index in [0.29, 0.717) is 6.61 Å². The molecule has 0 spiro atoms. The summed E-state index contributed by atoms with van der Waals surface area (Å²) in [5.41, 5.74) is 3.43. The summed E-state index contributed by atoms with van der Waals surface area (Å²) in [6, 6.07) is 12.6. The summed E-state index contributed by atoms with van der Waals surface area (Å²) in [7, 11) is 4.21. The highest BCUT2D eigenvalue weighted by atomic mass is 16.5. The van der Waals surface area contributed by atoms with E-state index in [1.165, 1.54) is 11.1 Å². The van der Waals surface area contributed by atoms with Crippen LogP contribution in [0.15, 0.2) is 42.6 Å². The molecule has 1 atom stereocenters. The second-order valence-electron chi connectivity index (χ2n) is 5.91. The van der Waals surface area contributed by atoms with Crippen LogP contribution in [-0.2, 0) is 6.61 Å². The Morgan fingerprint density at radius 3 is 2.86 bits per heavy atom. The fraction of sp³-hybridized carbons (Fsp3) is 0.389. The number of ether oxygens (including phenoxy) is 1. The van der Waals surface area contributed by atoms with Crippen LogP contribution in [0.25, 0.3) is 0 Å². The molecule has 4 heteroatoms. The summed E-state index contributed by atoms with van der Waals surface area (Å²) in [4.78, 5) is 6.71. The highest BCUT2D eigenvalue weighted by Gasteiger charge is 2.24. The monoisotopic (exact) mass is 297 g/mol. The van der Waals surface area contributed by atoms with Crippen molar-refractivity contribution in [2.24, 2.45) is 0 Å². The van der Waals surface area contributed by atoms with Gasteiger partial charge in [0.2, 0.25) is 0 Å². The van der Waals surface area contributed by atoms with Gasteiger partial charge in [0, 0.05) is 11.8 Å². The highest BCUT2D eigenvalue weighted by molar-refractivity contribution is 5.44. The van der Waals surface area contributed by atoms with Crippen LogP contribution in [-0.4, -0.2) is 37.1 Å². The Labute approximate surface area is 132 Å². The minimum absolute atomic E-state index is 0.143. The number of nitrogens with zero attached hydrogens (tertiary/aromatic N) is 2. The van der Waals surface area contributed by atoms with Gasteiger partial charge in [-0.3, -0.25) is 4.98 Å². The average molecular weight is 297 g/mol. The Balaban J connectivity index is 1.85. The van der Waals surface area contributed by atoms with E-state index in [9.17, 15) is 0 Å². The number of aromatic nitrogens is 1. The highest BCUT2D eigenvalue weighted by Crippen LogP contribution is 2.34. The van der Waals surface area contributed by atoms with Crippen molar-refractivity contribution in [3.8, 4) is 5.75 Å². The van der Waals surface area contributed by atoms with Crippen LogP contribution >= 0.6 is 0 Å². The van der Waals surface area contributed by atoms with Crippen LogP contribution in [0.3, 0.4) is 0 Å². The molecule has 1 aliphatic rings. The Morgan fingerprint density at radius 1 is 1.18 bits per heavy atom. The lowest BCUT2D eigenvalue weighted by molar-refractivity contribution is 0.302. The van der Waals surface area contributed by atoms with Crippen molar-refractivity contribution in [1.82, 2.24) is 15.2 Å². The molecular weight excluding hydrogens is 274 g/mol. The number of para-hydroxylation sites is 1. The summed E-state index contributed by atoms with van der Waals surface area (Å²) in [6.45, 7) is 2.58. The third kappa shape index (κ3) is 3.29. The minimum Gasteiger partial charge on any atom is -0.487 e. The Kier molecular flexibility index (Phi) is 4.71. The van der Waals surface area contributed by atoms with Gasteiger partial charge >= 0.3 is 0 Å². The Bertz CT molecular complexity index is 580. The molecular formula is C18H23N3O. The maximum Gasteiger partial charge on any atom is 0.131 e. The van der Waals surface area contributed by atoms with Gasteiger partial charge in [-0.1, -0.05) is 24.3 Å². The van der Waals surface area contributed by atoms with Crippen LogP contribution in [0, 0.1) is 0 Å². The van der Waals surface area contributed by atoms with Gasteiger partial charge in [0.05, 0.1) is 11.7 Å². The topological polar surface area (TPSA) is 37.4 Å². The molecule has 1 aliphatic heterocycles. The van der Waals surface area contributed by atoms with E-state index in [0.717, 1.165) is 31.0 Å². The fourth-order valence-electron chi connectivity index (χ4n) is 2.86. The second kappa shape index (κ2) is 6.90. The molecule has 0 bridgehead atoms. The molecule has 116 valence electrons. The number of benzene rings is 1. The molecule has 1 N–H and O–H groups in total. The third-order valence-corrected chi connectivity index (χ3v) is 3.96. The molecule has 0 saturated heterocycles. The van der Waals surface area contributed by atoms with Crippen molar-refractivity contribution in [1.29, 1.82) is 0 Å². The SMILES string of the molecule is CN(C)CCCNC1c2ccccc2OCc2ncccc21. The Hall–Kier alpha value is -1.91. The van der Waals surface area contributed by atoms with Gasteiger partial charge in [0.15, 0.2) is 0 Å². The van der Waals surface area contributed by atoms with Gasteiger partial charge in [0.25, 0.3) is 0 Å². The van der Waals surface area contributed by atoms with Crippen LogP contribution in [0.1, 0.15) is 29.3 Å². The molecule has 0 amide bonds. The first kappa shape index (κ1) is 15.0. The number of nitrogens with one attached hydrogen (secondary N) is 1. The first-order valence-electron chi connectivity index (χ1n) is 7.79. The van der Waals surface area contributed by atoms with Crippen LogP contribution in [0.4, 0.5) is 0 Å². The van der Waals surface area contributed by atoms with E-state index < -0.39 is 0 Å². The van der Waals surface area contributed by atoms with Crippen LogP contribution in [0.2, 0.25) is 0 Å². The quantitative estimate of drug-likeness (QED) is 0.861. The lowest BCUT2D eigenvalue weighted by Gasteiger charge is -2.20. The van der Waals surface area contributed by atoms with E-state index in [1.54, 1.807) is 0 Å². The molecule has 2 aromatic rings. The molecule has 4 nitrogen and oxygen atoms in total. The molecule has 2 heterocycles. The molecule has 0 saturated carbocycles. The second-order valence-corrected chi connectivity index (χ2v) is 5.91. The molecule has 22 heavy (non-hydrogen) atoms. The summed E-state index contributed by atoms with van der Waals surface area (Å²) in [6.07, 6.45) is 2.95. The van der Waals surface area contributed by atoms with Crippen molar-refractivity contribution >= 4 is 0 Å². The van der Waals surface area contributed by atoms with Gasteiger partial charge < -0.3 is 15.0 Å². The van der Waals surface area contributed by atoms with Gasteiger partial charge in [-0.05, 0) is 51.3 Å². The molecule has 0 aliphatic carbocycles. The molecule has 1 aromatic heterocycles. The van der Waals surface area contributed by atoms with Crippen molar-refractivity contribution in [2.45, 2.75) is 19.1 Å². The number of rotatable bonds is 5. The van der Waals surface area contributed by atoms with Crippen molar-refractivity contribution in [2.75, 3.05) is 27.2 Å². The molecule has 0 radical (unpaired) electrons. The Morgan fingerprint density at radius 2 is 2.00 bits per heavy atom. The van der Waals surface area contributed by atoms with Crippen molar-refractivity contribution in [3.05, 3.63) is 59.4 Å². The summed E-state index contributed by atoms with van der Waals surface area (Å²) >= 11 is 0. The van der Waals surface area contributed by atoms with Gasteiger partial charge in [0.1, 0.15) is 12.4 Å². The van der Waals surface area contributed by atoms with Gasteiger partial charge in [-0.15, -0.1) is 0 Å². The smallest absolute Gasteiger partial charge is 0.131 e. The third-order valence-electron chi connectivity index (χ3n) is 3.96. The minimum atomic E-state index is 0.143. The fourth-order valence-corrected chi connectivity index (χ4v) is 2.86. The number of pyridine rings is 1. The normalized spacial score (nSPS) is 16.6. The van der Waals surface area contributed by atoms with E-state index in [2.05, 4.69) is 47.5 Å². The van der Waals surface area contributed by atoms with Gasteiger partial charge in [-0.2, -0.15) is 0 Å². The lowest BCUT2D eigenvalue weighted by atomic mass is 9.97. The molecule has 0 fully saturated rings. The van der Waals surface area contributed by atoms with Crippen LogP contribution < -0.4 is 10.1 Å². The molecule has 3 rings (SSSR count). The van der Waals surface area contributed by atoms with E-state index >= 15 is 0 Å². The first-order valence-corrected chi connectivity index (χ1v) is 7.79. The zero-order valence-electron chi connectivity index (χ0n) is 13.2. The van der Waals surface area contributed by atoms with Crippen molar-refractivity contribution < 1.29 is 4.74 Å². The predicted octanol–water partition coefficient (Wildman–Crippen LogP) is 2.60. The van der Waals surface area contributed by atoms with Crippen molar-refractivity contribution in [3.63, 3.8) is 0 Å². The lowest BCUT2D eigenvalue weighted by Crippen LogP contribution is -2.26. The zero-order valence-corrected chi connectivity index (χ0v) is 13.2. The van der Waals surface area contributed by atoms with Gasteiger partial charge in [-0.25, -0.2) is 0 Å². The molecule has 1 aromatic carbocycles. The molecule has 1 unspecified atom stereocenters. The number of hydrogen-bond donors (Lipinski definition) is 1. The summed E-state index contributed by atoms with van der Waals surface area (Å²) in [5, 5.41) is 3.68. The largest absolute Gasteiger partial charge is 0.487 e. The number of hydrogen-bond acceptors (Lipinski definition) is 4.